The summed E-state index contributed by atoms with van der Waals surface area (Å²) in [4.78, 5) is 25.3. The number of rotatable bonds is 6. The highest BCUT2D eigenvalue weighted by atomic mass is 35.5. The molecule has 0 saturated carbocycles. The number of para-hydroxylation sites is 1. The molecule has 0 aliphatic carbocycles. The third kappa shape index (κ3) is 4.66. The molecule has 0 fully saturated rings. The van der Waals surface area contributed by atoms with Crippen molar-refractivity contribution in [3.05, 3.63) is 93.1 Å². The Morgan fingerprint density at radius 3 is 2.48 bits per heavy atom. The van der Waals surface area contributed by atoms with Crippen LogP contribution < -0.4 is 21.0 Å². The number of halogens is 2. The van der Waals surface area contributed by atoms with E-state index in [-0.39, 0.29) is 16.9 Å². The minimum Gasteiger partial charge on any atom is -0.476 e. The Kier molecular flexibility index (Phi) is 6.11. The Bertz CT molecular complexity index is 1310. The second kappa shape index (κ2) is 9.12. The molecular weight excluding hydrogens is 439 g/mol. The maximum absolute atomic E-state index is 13.0. The predicted molar refractivity (Wildman–Crippen MR) is 122 cm³/mol. The van der Waals surface area contributed by atoms with Crippen molar-refractivity contribution >= 4 is 45.8 Å². The number of benzene rings is 3. The molecule has 3 aromatic carbocycles. The van der Waals surface area contributed by atoms with E-state index in [1.54, 1.807) is 54.6 Å². The molecule has 31 heavy (non-hydrogen) atoms. The quantitative estimate of drug-likeness (QED) is 0.387. The van der Waals surface area contributed by atoms with Crippen molar-refractivity contribution < 1.29 is 13.9 Å². The zero-order valence-corrected chi connectivity index (χ0v) is 17.5. The number of hydrazine groups is 1. The number of hydrogen-bond acceptors (Lipinski definition) is 5. The van der Waals surface area contributed by atoms with Gasteiger partial charge in [-0.2, -0.15) is 0 Å². The largest absolute Gasteiger partial charge is 0.476 e. The van der Waals surface area contributed by atoms with E-state index in [9.17, 15) is 9.59 Å². The van der Waals surface area contributed by atoms with E-state index < -0.39 is 12.5 Å². The molecule has 6 nitrogen and oxygen atoms in total. The van der Waals surface area contributed by atoms with E-state index in [1.165, 1.54) is 0 Å². The predicted octanol–water partition coefficient (Wildman–Crippen LogP) is 5.29. The van der Waals surface area contributed by atoms with Crippen LogP contribution in [0.1, 0.15) is 0 Å². The smallest absolute Gasteiger partial charge is 0.276 e. The molecule has 0 radical (unpaired) electrons. The second-order valence-corrected chi connectivity index (χ2v) is 7.38. The maximum atomic E-state index is 13.0. The van der Waals surface area contributed by atoms with Crippen LogP contribution in [0.15, 0.2) is 82.0 Å². The zero-order chi connectivity index (χ0) is 21.8. The van der Waals surface area contributed by atoms with Crippen LogP contribution >= 0.6 is 23.2 Å². The van der Waals surface area contributed by atoms with Gasteiger partial charge in [0, 0.05) is 10.6 Å². The molecule has 4 rings (SSSR count). The van der Waals surface area contributed by atoms with Gasteiger partial charge < -0.3 is 9.15 Å². The fourth-order valence-electron chi connectivity index (χ4n) is 2.94. The Hall–Kier alpha value is -3.48. The number of nitrogens with one attached hydrogen (secondary N) is 2. The van der Waals surface area contributed by atoms with E-state index in [2.05, 4.69) is 10.9 Å². The highest BCUT2D eigenvalue weighted by Crippen LogP contribution is 2.30. The Morgan fingerprint density at radius 1 is 0.968 bits per heavy atom. The van der Waals surface area contributed by atoms with Crippen LogP contribution in [-0.4, -0.2) is 12.5 Å². The molecule has 0 unspecified atom stereocenters. The summed E-state index contributed by atoms with van der Waals surface area (Å²) in [7, 11) is 0. The lowest BCUT2D eigenvalue weighted by Gasteiger charge is -2.13. The molecule has 0 saturated heterocycles. The highest BCUT2D eigenvalue weighted by molar-refractivity contribution is 6.36. The second-order valence-electron chi connectivity index (χ2n) is 6.54. The Labute approximate surface area is 187 Å². The highest BCUT2D eigenvalue weighted by Gasteiger charge is 2.18. The van der Waals surface area contributed by atoms with E-state index in [4.69, 9.17) is 32.4 Å². The van der Waals surface area contributed by atoms with E-state index >= 15 is 0 Å². The molecule has 2 N–H and O–H groups in total. The standard InChI is InChI=1S/C23H16Cl2N2O4/c24-15-10-11-18(17(25)12-15)26-27-20(28)13-30-23-21(29)16-8-4-5-9-19(16)31-22(23)14-6-2-1-3-7-14/h1-12,26H,13H2,(H,27,28). The molecular formula is C23H16Cl2N2O4. The maximum Gasteiger partial charge on any atom is 0.276 e. The molecule has 0 bridgehead atoms. The van der Waals surface area contributed by atoms with Crippen molar-refractivity contribution in [2.75, 3.05) is 12.0 Å². The minimum absolute atomic E-state index is 0.0374. The van der Waals surface area contributed by atoms with E-state index in [0.29, 0.717) is 32.3 Å². The number of anilines is 1. The van der Waals surface area contributed by atoms with E-state index in [1.807, 2.05) is 18.2 Å². The average Bonchev–Trinajstić information content (AvgIpc) is 2.78. The normalized spacial score (nSPS) is 10.6. The first-order valence-corrected chi connectivity index (χ1v) is 10.0. The molecule has 0 aliphatic heterocycles. The van der Waals surface area contributed by atoms with Crippen LogP contribution in [0.2, 0.25) is 10.0 Å². The lowest BCUT2D eigenvalue weighted by molar-refractivity contribution is -0.122. The van der Waals surface area contributed by atoms with Gasteiger partial charge in [0.15, 0.2) is 12.4 Å². The summed E-state index contributed by atoms with van der Waals surface area (Å²) in [5.41, 5.74) is 6.37. The molecule has 156 valence electrons. The van der Waals surface area contributed by atoms with Gasteiger partial charge in [0.25, 0.3) is 5.91 Å². The van der Waals surface area contributed by atoms with Crippen molar-refractivity contribution in [2.24, 2.45) is 0 Å². The van der Waals surface area contributed by atoms with Crippen LogP contribution in [-0.2, 0) is 4.79 Å². The molecule has 8 heteroatoms. The molecule has 0 spiro atoms. The van der Waals surface area contributed by atoms with Crippen LogP contribution in [0, 0.1) is 0 Å². The monoisotopic (exact) mass is 454 g/mol. The molecule has 0 aliphatic rings. The van der Waals surface area contributed by atoms with Crippen LogP contribution in [0.25, 0.3) is 22.3 Å². The van der Waals surface area contributed by atoms with Crippen molar-refractivity contribution in [1.82, 2.24) is 5.43 Å². The number of fused-ring (bicyclic) bond motifs is 1. The summed E-state index contributed by atoms with van der Waals surface area (Å²) in [6, 6.07) is 20.7. The average molecular weight is 455 g/mol. The number of carbonyl (C=O) groups excluding carboxylic acids is 1. The molecule has 1 aromatic heterocycles. The van der Waals surface area contributed by atoms with Gasteiger partial charge in [-0.05, 0) is 30.3 Å². The van der Waals surface area contributed by atoms with Crippen LogP contribution in [0.3, 0.4) is 0 Å². The van der Waals surface area contributed by atoms with Gasteiger partial charge in [0.05, 0.1) is 16.1 Å². The van der Waals surface area contributed by atoms with Gasteiger partial charge in [-0.1, -0.05) is 65.7 Å². The summed E-state index contributed by atoms with van der Waals surface area (Å²) >= 11 is 11.9. The van der Waals surface area contributed by atoms with Crippen molar-refractivity contribution in [1.29, 1.82) is 0 Å². The van der Waals surface area contributed by atoms with E-state index in [0.717, 1.165) is 0 Å². The lowest BCUT2D eigenvalue weighted by atomic mass is 10.1. The SMILES string of the molecule is O=C(COc1c(-c2ccccc2)oc2ccccc2c1=O)NNc1ccc(Cl)cc1Cl. The van der Waals surface area contributed by atoms with Gasteiger partial charge in [-0.25, -0.2) is 0 Å². The number of amides is 1. The van der Waals surface area contributed by atoms with Crippen molar-refractivity contribution in [3.63, 3.8) is 0 Å². The summed E-state index contributed by atoms with van der Waals surface area (Å²) in [6.07, 6.45) is 0. The third-order valence-corrected chi connectivity index (χ3v) is 4.96. The summed E-state index contributed by atoms with van der Waals surface area (Å²) < 4.78 is 11.6. The van der Waals surface area contributed by atoms with Gasteiger partial charge in [0.2, 0.25) is 11.2 Å². The van der Waals surface area contributed by atoms with Gasteiger partial charge >= 0.3 is 0 Å². The van der Waals surface area contributed by atoms with Crippen molar-refractivity contribution in [2.45, 2.75) is 0 Å². The summed E-state index contributed by atoms with van der Waals surface area (Å²) in [5.74, 6) is -0.298. The molecule has 1 amide bonds. The molecule has 1 heterocycles. The first-order chi connectivity index (χ1) is 15.0. The number of carbonyl (C=O) groups is 1. The first kappa shape index (κ1) is 20.8. The Balaban J connectivity index is 1.56. The van der Waals surface area contributed by atoms with Gasteiger partial charge in [0.1, 0.15) is 5.58 Å². The Morgan fingerprint density at radius 2 is 1.71 bits per heavy atom. The van der Waals surface area contributed by atoms with Crippen molar-refractivity contribution in [3.8, 4) is 17.1 Å². The number of hydrogen-bond donors (Lipinski definition) is 2. The lowest BCUT2D eigenvalue weighted by Crippen LogP contribution is -2.34. The van der Waals surface area contributed by atoms with Gasteiger partial charge in [-0.3, -0.25) is 20.4 Å². The summed E-state index contributed by atoms with van der Waals surface area (Å²) in [5, 5.41) is 1.18. The van der Waals surface area contributed by atoms with Crippen LogP contribution in [0.4, 0.5) is 5.69 Å². The molecule has 4 aromatic rings. The number of ether oxygens (including phenoxy) is 1. The van der Waals surface area contributed by atoms with Gasteiger partial charge in [-0.15, -0.1) is 0 Å². The summed E-state index contributed by atoms with van der Waals surface area (Å²) in [6.45, 7) is -0.416. The first-order valence-electron chi connectivity index (χ1n) is 9.27. The zero-order valence-electron chi connectivity index (χ0n) is 16.0. The molecule has 0 atom stereocenters. The third-order valence-electron chi connectivity index (χ3n) is 4.41. The van der Waals surface area contributed by atoms with Crippen LogP contribution in [0.5, 0.6) is 5.75 Å². The fourth-order valence-corrected chi connectivity index (χ4v) is 3.39. The topological polar surface area (TPSA) is 80.6 Å². The minimum atomic E-state index is -0.516. The fraction of sp³-hybridized carbons (Fsp3) is 0.0435.